The van der Waals surface area contributed by atoms with Crippen molar-refractivity contribution in [3.05, 3.63) is 39.9 Å². The van der Waals surface area contributed by atoms with Gasteiger partial charge in [-0.1, -0.05) is 12.1 Å². The minimum Gasteiger partial charge on any atom is -0.442 e. The SMILES string of the molecule is CC(=O)O[C@@H](C#N)c1cccc([N+](=O)[O-])c1. The molecule has 1 aromatic carbocycles. The number of hydrogen-bond acceptors (Lipinski definition) is 5. The van der Waals surface area contributed by atoms with Gasteiger partial charge < -0.3 is 4.74 Å². The summed E-state index contributed by atoms with van der Waals surface area (Å²) in [6, 6.07) is 7.17. The Morgan fingerprint density at radius 3 is 2.81 bits per heavy atom. The summed E-state index contributed by atoms with van der Waals surface area (Å²) in [5.41, 5.74) is 0.136. The number of rotatable bonds is 3. The molecule has 0 saturated heterocycles. The predicted octanol–water partition coefficient (Wildman–Crippen LogP) is 1.72. The number of benzene rings is 1. The van der Waals surface area contributed by atoms with Crippen LogP contribution in [0.25, 0.3) is 0 Å². The van der Waals surface area contributed by atoms with E-state index in [-0.39, 0.29) is 11.3 Å². The summed E-state index contributed by atoms with van der Waals surface area (Å²) >= 11 is 0. The van der Waals surface area contributed by atoms with E-state index in [9.17, 15) is 14.9 Å². The van der Waals surface area contributed by atoms with Gasteiger partial charge in [0.1, 0.15) is 6.07 Å². The normalized spacial score (nSPS) is 11.2. The highest BCUT2D eigenvalue weighted by molar-refractivity contribution is 5.66. The van der Waals surface area contributed by atoms with Crippen LogP contribution in [0.5, 0.6) is 0 Å². The van der Waals surface area contributed by atoms with Crippen LogP contribution in [-0.2, 0) is 9.53 Å². The molecule has 0 saturated carbocycles. The lowest BCUT2D eigenvalue weighted by molar-refractivity contribution is -0.385. The largest absolute Gasteiger partial charge is 0.442 e. The van der Waals surface area contributed by atoms with Crippen molar-refractivity contribution in [2.45, 2.75) is 13.0 Å². The lowest BCUT2D eigenvalue weighted by Crippen LogP contribution is -2.06. The highest BCUT2D eigenvalue weighted by Gasteiger charge is 2.16. The maximum Gasteiger partial charge on any atom is 0.304 e. The molecule has 0 N–H and O–H groups in total. The van der Waals surface area contributed by atoms with Gasteiger partial charge >= 0.3 is 5.97 Å². The molecule has 82 valence electrons. The van der Waals surface area contributed by atoms with E-state index in [1.807, 2.05) is 0 Å². The van der Waals surface area contributed by atoms with Crippen molar-refractivity contribution in [3.63, 3.8) is 0 Å². The van der Waals surface area contributed by atoms with Crippen molar-refractivity contribution >= 4 is 11.7 Å². The van der Waals surface area contributed by atoms with Crippen LogP contribution in [-0.4, -0.2) is 10.9 Å². The summed E-state index contributed by atoms with van der Waals surface area (Å²) in [5, 5.41) is 19.3. The zero-order chi connectivity index (χ0) is 12.1. The van der Waals surface area contributed by atoms with Crippen LogP contribution in [0.4, 0.5) is 5.69 Å². The molecule has 1 rings (SSSR count). The van der Waals surface area contributed by atoms with E-state index < -0.39 is 17.0 Å². The molecule has 0 aliphatic heterocycles. The van der Waals surface area contributed by atoms with Crippen molar-refractivity contribution in [2.24, 2.45) is 0 Å². The summed E-state index contributed by atoms with van der Waals surface area (Å²) in [4.78, 5) is 20.6. The van der Waals surface area contributed by atoms with Crippen molar-refractivity contribution in [1.29, 1.82) is 5.26 Å². The fraction of sp³-hybridized carbons (Fsp3) is 0.200. The number of esters is 1. The zero-order valence-corrected chi connectivity index (χ0v) is 8.41. The van der Waals surface area contributed by atoms with E-state index in [0.717, 1.165) is 0 Å². The van der Waals surface area contributed by atoms with Crippen LogP contribution in [0.15, 0.2) is 24.3 Å². The molecule has 16 heavy (non-hydrogen) atoms. The highest BCUT2D eigenvalue weighted by Crippen LogP contribution is 2.21. The number of nitro benzene ring substituents is 1. The molecule has 0 bridgehead atoms. The summed E-state index contributed by atoms with van der Waals surface area (Å²) in [6.45, 7) is 1.17. The summed E-state index contributed by atoms with van der Waals surface area (Å²) < 4.78 is 4.70. The maximum absolute atomic E-state index is 10.7. The molecule has 0 spiro atoms. The zero-order valence-electron chi connectivity index (χ0n) is 8.41. The molecule has 1 atom stereocenters. The predicted molar refractivity (Wildman–Crippen MR) is 53.2 cm³/mol. The Morgan fingerprint density at radius 2 is 2.31 bits per heavy atom. The maximum atomic E-state index is 10.7. The van der Waals surface area contributed by atoms with Gasteiger partial charge in [0.15, 0.2) is 0 Å². The van der Waals surface area contributed by atoms with Gasteiger partial charge in [0, 0.05) is 24.6 Å². The first kappa shape index (κ1) is 11.7. The molecule has 1 aromatic rings. The molecule has 0 amide bonds. The molecule has 0 unspecified atom stereocenters. The third-order valence-electron chi connectivity index (χ3n) is 1.78. The fourth-order valence-corrected chi connectivity index (χ4v) is 1.14. The first-order valence-corrected chi connectivity index (χ1v) is 4.36. The Hall–Kier alpha value is -2.42. The Labute approximate surface area is 91.2 Å². The molecular weight excluding hydrogens is 212 g/mol. The second kappa shape index (κ2) is 4.89. The molecule has 0 heterocycles. The average molecular weight is 220 g/mol. The Kier molecular flexibility index (Phi) is 3.56. The fourth-order valence-electron chi connectivity index (χ4n) is 1.14. The van der Waals surface area contributed by atoms with E-state index in [2.05, 4.69) is 0 Å². The quantitative estimate of drug-likeness (QED) is 0.439. The van der Waals surface area contributed by atoms with Gasteiger partial charge in [-0.3, -0.25) is 14.9 Å². The van der Waals surface area contributed by atoms with Crippen LogP contribution < -0.4 is 0 Å². The highest BCUT2D eigenvalue weighted by atomic mass is 16.6. The van der Waals surface area contributed by atoms with Crippen LogP contribution in [0, 0.1) is 21.4 Å². The van der Waals surface area contributed by atoms with E-state index in [4.69, 9.17) is 10.00 Å². The molecule has 0 aromatic heterocycles. The van der Waals surface area contributed by atoms with Gasteiger partial charge in [-0.05, 0) is 0 Å². The molecule has 0 radical (unpaired) electrons. The first-order chi connectivity index (χ1) is 7.54. The number of carbonyl (C=O) groups excluding carboxylic acids is 1. The topological polar surface area (TPSA) is 93.2 Å². The van der Waals surface area contributed by atoms with Gasteiger partial charge in [-0.2, -0.15) is 5.26 Å². The molecule has 6 nitrogen and oxygen atoms in total. The third kappa shape index (κ3) is 2.78. The standard InChI is InChI=1S/C10H8N2O4/c1-7(13)16-10(6-11)8-3-2-4-9(5-8)12(14)15/h2-5,10H,1H3/t10-/m0/s1. The number of nitro groups is 1. The van der Waals surface area contributed by atoms with Gasteiger partial charge in [0.25, 0.3) is 5.69 Å². The third-order valence-corrected chi connectivity index (χ3v) is 1.78. The summed E-state index contributed by atoms with van der Waals surface area (Å²) in [6.07, 6.45) is -1.11. The van der Waals surface area contributed by atoms with Crippen molar-refractivity contribution in [2.75, 3.05) is 0 Å². The Morgan fingerprint density at radius 1 is 1.62 bits per heavy atom. The lowest BCUT2D eigenvalue weighted by Gasteiger charge is -2.08. The van der Waals surface area contributed by atoms with Gasteiger partial charge in [-0.15, -0.1) is 0 Å². The monoisotopic (exact) mass is 220 g/mol. The van der Waals surface area contributed by atoms with E-state index in [1.165, 1.54) is 31.2 Å². The number of non-ortho nitro benzene ring substituents is 1. The van der Waals surface area contributed by atoms with E-state index >= 15 is 0 Å². The van der Waals surface area contributed by atoms with Crippen LogP contribution >= 0.6 is 0 Å². The minimum absolute atomic E-state index is 0.148. The molecule has 6 heteroatoms. The molecule has 0 aliphatic carbocycles. The second-order valence-electron chi connectivity index (χ2n) is 2.97. The van der Waals surface area contributed by atoms with Crippen LogP contribution in [0.1, 0.15) is 18.6 Å². The first-order valence-electron chi connectivity index (χ1n) is 4.36. The van der Waals surface area contributed by atoms with Gasteiger partial charge in [0.2, 0.25) is 6.10 Å². The van der Waals surface area contributed by atoms with Crippen LogP contribution in [0.2, 0.25) is 0 Å². The second-order valence-corrected chi connectivity index (χ2v) is 2.97. The number of nitrogens with zero attached hydrogens (tertiary/aromatic N) is 2. The summed E-state index contributed by atoms with van der Waals surface area (Å²) in [7, 11) is 0. The van der Waals surface area contributed by atoms with Gasteiger partial charge in [0.05, 0.1) is 4.92 Å². The minimum atomic E-state index is -1.11. The number of nitriles is 1. The molecular formula is C10H8N2O4. The average Bonchev–Trinajstić information content (AvgIpc) is 2.25. The number of carbonyl (C=O) groups is 1. The molecule has 0 fully saturated rings. The smallest absolute Gasteiger partial charge is 0.304 e. The van der Waals surface area contributed by atoms with Crippen molar-refractivity contribution < 1.29 is 14.5 Å². The lowest BCUT2D eigenvalue weighted by atomic mass is 10.1. The van der Waals surface area contributed by atoms with E-state index in [0.29, 0.717) is 0 Å². The Balaban J connectivity index is 3.02. The number of hydrogen-bond donors (Lipinski definition) is 0. The van der Waals surface area contributed by atoms with Crippen molar-refractivity contribution in [1.82, 2.24) is 0 Å². The van der Waals surface area contributed by atoms with Crippen molar-refractivity contribution in [3.8, 4) is 6.07 Å². The van der Waals surface area contributed by atoms with E-state index in [1.54, 1.807) is 6.07 Å². The van der Waals surface area contributed by atoms with Gasteiger partial charge in [-0.25, -0.2) is 0 Å². The summed E-state index contributed by atoms with van der Waals surface area (Å²) in [5.74, 6) is -0.613. The number of ether oxygens (including phenoxy) is 1. The Bertz CT molecular complexity index is 464. The molecule has 0 aliphatic rings. The van der Waals surface area contributed by atoms with Crippen LogP contribution in [0.3, 0.4) is 0 Å².